The number of likely N-dealkylation sites (tertiary alicyclic amines) is 2. The summed E-state index contributed by atoms with van der Waals surface area (Å²) in [5.41, 5.74) is -0.128. The zero-order chi connectivity index (χ0) is 42.4. The molecule has 0 aliphatic carbocycles. The second-order valence-electron chi connectivity index (χ2n) is 18.1. The van der Waals surface area contributed by atoms with Gasteiger partial charge in [-0.1, -0.05) is 36.4 Å². The lowest BCUT2D eigenvalue weighted by atomic mass is 9.74. The second kappa shape index (κ2) is 14.5. The van der Waals surface area contributed by atoms with Crippen LogP contribution in [0, 0.1) is 22.7 Å². The van der Waals surface area contributed by atoms with Gasteiger partial charge in [-0.05, 0) is 60.8 Å². The number of hydrogen-bond acceptors (Lipinski definition) is 10. The maximum atomic E-state index is 14.3. The third-order valence-corrected chi connectivity index (χ3v) is 14.1. The maximum Gasteiger partial charge on any atom is 0.332 e. The Kier molecular flexibility index (Phi) is 9.58. The average Bonchev–Trinajstić information content (AvgIpc) is 3.23. The first kappa shape index (κ1) is 39.7. The molecule has 4 atom stereocenters. The van der Waals surface area contributed by atoms with E-state index in [-0.39, 0.29) is 60.7 Å². The molecule has 0 radical (unpaired) electrons. The van der Waals surface area contributed by atoms with E-state index in [1.165, 1.54) is 28.2 Å². The highest BCUT2D eigenvalue weighted by molar-refractivity contribution is 6.20. The molecule has 0 unspecified atom stereocenters. The summed E-state index contributed by atoms with van der Waals surface area (Å²) in [6.45, 7) is 3.51. The summed E-state index contributed by atoms with van der Waals surface area (Å²) in [5.74, 6) is -1.95. The molecule has 16 nitrogen and oxygen atoms in total. The number of benzene rings is 1. The van der Waals surface area contributed by atoms with Gasteiger partial charge in [-0.15, -0.1) is 0 Å². The fraction of sp³-hybridized carbons (Fsp3) is 0.500. The van der Waals surface area contributed by atoms with Crippen molar-refractivity contribution in [3.05, 3.63) is 104 Å². The van der Waals surface area contributed by atoms with Gasteiger partial charge < -0.3 is 18.9 Å². The lowest BCUT2D eigenvalue weighted by Crippen LogP contribution is -2.67. The molecule has 4 bridgehead atoms. The number of imide groups is 4. The van der Waals surface area contributed by atoms with Gasteiger partial charge in [0.1, 0.15) is 10.8 Å². The second-order valence-corrected chi connectivity index (χ2v) is 18.1. The molecule has 6 aliphatic rings. The van der Waals surface area contributed by atoms with Crippen LogP contribution < -0.4 is 11.1 Å². The topological polar surface area (TPSA) is 166 Å². The van der Waals surface area contributed by atoms with Gasteiger partial charge in [0.2, 0.25) is 23.6 Å². The molecule has 3 aromatic rings. The third kappa shape index (κ3) is 6.25. The third-order valence-electron chi connectivity index (χ3n) is 14.1. The minimum Gasteiger partial charge on any atom is -0.312 e. The van der Waals surface area contributed by atoms with Gasteiger partial charge in [-0.2, -0.15) is 0 Å². The van der Waals surface area contributed by atoms with E-state index in [4.69, 9.17) is 0 Å². The number of pyridine rings is 2. The van der Waals surface area contributed by atoms with Crippen LogP contribution >= 0.6 is 0 Å². The van der Waals surface area contributed by atoms with Crippen LogP contribution in [0.2, 0.25) is 0 Å². The Balaban J connectivity index is 1.00. The van der Waals surface area contributed by atoms with Gasteiger partial charge in [-0.3, -0.25) is 48.4 Å². The number of amides is 8. The zero-order valence-electron chi connectivity index (χ0n) is 34.4. The van der Waals surface area contributed by atoms with E-state index >= 15 is 0 Å². The minimum absolute atomic E-state index is 0.00111. The number of nitrogens with zero attached hydrogens (tertiary/aromatic N) is 8. The van der Waals surface area contributed by atoms with Crippen LogP contribution in [0.25, 0.3) is 0 Å². The molecule has 6 aliphatic heterocycles. The number of aromatic nitrogens is 2. The molecular formula is C44H50N8O8. The van der Waals surface area contributed by atoms with E-state index in [0.29, 0.717) is 50.4 Å². The summed E-state index contributed by atoms with van der Waals surface area (Å²) in [5, 5.41) is 0. The molecule has 2 aromatic heterocycles. The summed E-state index contributed by atoms with van der Waals surface area (Å²) in [6, 6.07) is 16.4. The number of carbonyl (C=O) groups is 6. The van der Waals surface area contributed by atoms with Crippen LogP contribution in [-0.2, 0) is 45.1 Å². The average molecular weight is 819 g/mol. The van der Waals surface area contributed by atoms with Gasteiger partial charge in [0.25, 0.3) is 11.1 Å². The van der Waals surface area contributed by atoms with Crippen LogP contribution in [-0.4, -0.2) is 142 Å². The lowest BCUT2D eigenvalue weighted by Gasteiger charge is -2.48. The van der Waals surface area contributed by atoms with E-state index in [1.807, 2.05) is 21.3 Å². The van der Waals surface area contributed by atoms with Crippen LogP contribution in [0.1, 0.15) is 47.2 Å². The van der Waals surface area contributed by atoms with Gasteiger partial charge in [0, 0.05) is 116 Å². The van der Waals surface area contributed by atoms with Crippen molar-refractivity contribution in [2.75, 3.05) is 67.5 Å². The Labute approximate surface area is 346 Å². The summed E-state index contributed by atoms with van der Waals surface area (Å²) in [4.78, 5) is 117. The lowest BCUT2D eigenvalue weighted by molar-refractivity contribution is -0.160. The Morgan fingerprint density at radius 3 is 1.17 bits per heavy atom. The molecule has 0 N–H and O–H groups in total. The SMILES string of the molecule is CN1C(=O)N(C)C(=O)C(Cc2ccc(CC3(CN4C[C@@H]5C[C@@H](C4)c4cccc(=O)n4C5)C(=O)N(C)C(=O)N(C)C3=O)cc2)(CN2C[C@@H]3C[C@@H](C2)c2cccc(=O)n2C3)C1=O. The highest BCUT2D eigenvalue weighted by Crippen LogP contribution is 2.42. The Hall–Kier alpha value is -5.74. The van der Waals surface area contributed by atoms with E-state index < -0.39 is 46.5 Å². The van der Waals surface area contributed by atoms with Gasteiger partial charge >= 0.3 is 12.1 Å². The van der Waals surface area contributed by atoms with E-state index in [2.05, 4.69) is 9.80 Å². The monoisotopic (exact) mass is 818 g/mol. The van der Waals surface area contributed by atoms with E-state index in [9.17, 15) is 38.4 Å². The van der Waals surface area contributed by atoms with Crippen molar-refractivity contribution in [1.29, 1.82) is 0 Å². The molecule has 60 heavy (non-hydrogen) atoms. The van der Waals surface area contributed by atoms with E-state index in [1.54, 1.807) is 48.5 Å². The normalized spacial score (nSPS) is 26.4. The molecule has 4 fully saturated rings. The quantitative estimate of drug-likeness (QED) is 0.304. The molecule has 314 valence electrons. The summed E-state index contributed by atoms with van der Waals surface area (Å²) < 4.78 is 3.66. The van der Waals surface area contributed by atoms with Crippen LogP contribution in [0.5, 0.6) is 0 Å². The van der Waals surface area contributed by atoms with Crippen molar-refractivity contribution in [2.24, 2.45) is 22.7 Å². The molecule has 0 spiro atoms. The summed E-state index contributed by atoms with van der Waals surface area (Å²) >= 11 is 0. The fourth-order valence-corrected chi connectivity index (χ4v) is 11.4. The summed E-state index contributed by atoms with van der Waals surface area (Å²) in [6.07, 6.45) is 1.79. The van der Waals surface area contributed by atoms with Crippen LogP contribution in [0.4, 0.5) is 9.59 Å². The molecular weight excluding hydrogens is 769 g/mol. The van der Waals surface area contributed by atoms with Crippen molar-refractivity contribution in [2.45, 2.75) is 50.6 Å². The Morgan fingerprint density at radius 1 is 0.467 bits per heavy atom. The van der Waals surface area contributed by atoms with Crippen molar-refractivity contribution in [3.63, 3.8) is 0 Å². The summed E-state index contributed by atoms with van der Waals surface area (Å²) in [7, 11) is 5.57. The minimum atomic E-state index is -1.63. The predicted octanol–water partition coefficient (Wildman–Crippen LogP) is 1.41. The fourth-order valence-electron chi connectivity index (χ4n) is 11.4. The number of rotatable bonds is 8. The first-order valence-electron chi connectivity index (χ1n) is 20.7. The van der Waals surface area contributed by atoms with Crippen LogP contribution in [0.15, 0.2) is 70.3 Å². The molecule has 0 saturated carbocycles. The Morgan fingerprint density at radius 2 is 0.817 bits per heavy atom. The van der Waals surface area contributed by atoms with Crippen molar-refractivity contribution in [1.82, 2.24) is 38.5 Å². The van der Waals surface area contributed by atoms with Crippen LogP contribution in [0.3, 0.4) is 0 Å². The van der Waals surface area contributed by atoms with Gasteiger partial charge in [0.05, 0.1) is 0 Å². The van der Waals surface area contributed by atoms with Crippen molar-refractivity contribution < 1.29 is 28.8 Å². The van der Waals surface area contributed by atoms with Crippen molar-refractivity contribution in [3.8, 4) is 0 Å². The standard InChI is InChI=1S/C44H50N8O8/c1-45-37(55)43(38(56)46(2)41(45)59,25-49-19-29-15-31(23-49)33-7-5-9-35(53)51(33)21-29)17-27-11-13-28(14-12-27)18-44(39(57)47(3)42(60)48(4)40(44)58)26-50-20-30-16-32(24-50)34-8-6-10-36(54)52(34)22-30/h5-14,29-32H,15-26H2,1-4H3/t29-,30-,31-,32-/m0/s1. The molecule has 16 heteroatoms. The number of piperidine rings is 2. The largest absolute Gasteiger partial charge is 0.332 e. The number of carbonyl (C=O) groups excluding carboxylic acids is 6. The van der Waals surface area contributed by atoms with E-state index in [0.717, 1.165) is 43.8 Å². The molecule has 4 saturated heterocycles. The maximum absolute atomic E-state index is 14.3. The highest BCUT2D eigenvalue weighted by Gasteiger charge is 2.58. The van der Waals surface area contributed by atoms with Gasteiger partial charge in [-0.25, -0.2) is 9.59 Å². The predicted molar refractivity (Wildman–Crippen MR) is 217 cm³/mol. The van der Waals surface area contributed by atoms with Crippen molar-refractivity contribution >= 4 is 35.7 Å². The number of urea groups is 2. The first-order valence-corrected chi connectivity index (χ1v) is 20.7. The number of hydrogen-bond donors (Lipinski definition) is 0. The molecule has 9 rings (SSSR count). The van der Waals surface area contributed by atoms with Gasteiger partial charge in [0.15, 0.2) is 0 Å². The highest BCUT2D eigenvalue weighted by atomic mass is 16.2. The smallest absolute Gasteiger partial charge is 0.312 e. The number of barbiturate groups is 2. The Bertz CT molecular complexity index is 2240. The first-order chi connectivity index (χ1) is 28.6. The molecule has 1 aromatic carbocycles. The molecule has 8 amide bonds. The molecule has 8 heterocycles. The number of fused-ring (bicyclic) bond motifs is 8. The zero-order valence-corrected chi connectivity index (χ0v) is 34.4.